The summed E-state index contributed by atoms with van der Waals surface area (Å²) in [5.41, 5.74) is 3.57. The Morgan fingerprint density at radius 3 is 2.40 bits per heavy atom. The molecule has 2 heterocycles. The fraction of sp³-hybridized carbons (Fsp3) is 0.526. The number of carbonyl (C=O) groups is 1. The van der Waals surface area contributed by atoms with Crippen molar-refractivity contribution in [3.63, 3.8) is 0 Å². The van der Waals surface area contributed by atoms with Crippen LogP contribution in [-0.4, -0.2) is 34.2 Å². The summed E-state index contributed by atoms with van der Waals surface area (Å²) in [4.78, 5) is 18.7. The average molecular weight is 342 g/mol. The number of nitrogens with zero attached hydrogens (tertiary/aromatic N) is 3. The second-order valence-corrected chi connectivity index (χ2v) is 7.03. The van der Waals surface area contributed by atoms with E-state index >= 15 is 0 Å². The van der Waals surface area contributed by atoms with E-state index in [9.17, 15) is 4.79 Å². The van der Waals surface area contributed by atoms with E-state index in [0.29, 0.717) is 24.8 Å². The van der Waals surface area contributed by atoms with Crippen LogP contribution in [0.25, 0.3) is 0 Å². The summed E-state index contributed by atoms with van der Waals surface area (Å²) in [5.74, 6) is 1.61. The lowest BCUT2D eigenvalue weighted by atomic mass is 9.97. The molecule has 2 amide bonds. The summed E-state index contributed by atoms with van der Waals surface area (Å²) < 4.78 is 5.26. The lowest BCUT2D eigenvalue weighted by Crippen LogP contribution is -2.44. The Hall–Kier alpha value is -2.37. The molecule has 0 aliphatic carbocycles. The number of nitrogens with one attached hydrogen (secondary N) is 1. The first-order valence-electron chi connectivity index (χ1n) is 8.86. The van der Waals surface area contributed by atoms with Gasteiger partial charge in [0.2, 0.25) is 5.89 Å². The Kier molecular flexibility index (Phi) is 5.06. The highest BCUT2D eigenvalue weighted by Gasteiger charge is 2.27. The number of amides is 2. The number of rotatable bonds is 3. The maximum absolute atomic E-state index is 12.6. The number of aromatic nitrogens is 2. The van der Waals surface area contributed by atoms with Gasteiger partial charge >= 0.3 is 6.03 Å². The molecule has 1 aromatic carbocycles. The smallest absolute Gasteiger partial charge is 0.317 e. The number of hydrogen-bond donors (Lipinski definition) is 1. The Balaban J connectivity index is 1.55. The van der Waals surface area contributed by atoms with Gasteiger partial charge in [0.1, 0.15) is 0 Å². The molecular formula is C19H26N4O2. The Morgan fingerprint density at radius 1 is 1.20 bits per heavy atom. The normalized spacial score (nSPS) is 16.7. The van der Waals surface area contributed by atoms with Gasteiger partial charge < -0.3 is 14.7 Å². The van der Waals surface area contributed by atoms with Crippen LogP contribution >= 0.6 is 0 Å². The molecule has 1 saturated heterocycles. The van der Waals surface area contributed by atoms with E-state index in [-0.39, 0.29) is 18.0 Å². The van der Waals surface area contributed by atoms with E-state index in [1.54, 1.807) is 0 Å². The highest BCUT2D eigenvalue weighted by atomic mass is 16.5. The van der Waals surface area contributed by atoms with Crippen molar-refractivity contribution in [2.24, 2.45) is 0 Å². The van der Waals surface area contributed by atoms with Crippen LogP contribution in [0.3, 0.4) is 0 Å². The number of piperidine rings is 1. The molecule has 0 saturated carbocycles. The standard InChI is InChI=1S/C19H26N4O2/c1-12-9-13(2)11-17(10-12)14(3)20-19(24)23-7-5-16(6-8-23)18-21-15(4)22-25-18/h9-11,14,16H,5-8H2,1-4H3,(H,20,24). The molecule has 1 atom stereocenters. The maximum Gasteiger partial charge on any atom is 0.317 e. The predicted octanol–water partition coefficient (Wildman–Crippen LogP) is 3.65. The van der Waals surface area contributed by atoms with Gasteiger partial charge in [-0.2, -0.15) is 4.98 Å². The van der Waals surface area contributed by atoms with Crippen molar-refractivity contribution in [1.82, 2.24) is 20.4 Å². The minimum atomic E-state index is -0.0117. The van der Waals surface area contributed by atoms with Crippen LogP contribution in [0.1, 0.15) is 60.1 Å². The molecule has 1 aliphatic rings. The number of likely N-dealkylation sites (tertiary alicyclic amines) is 1. The molecule has 1 aromatic heterocycles. The largest absolute Gasteiger partial charge is 0.339 e. The molecule has 1 fully saturated rings. The SMILES string of the molecule is Cc1cc(C)cc(C(C)NC(=O)N2CCC(c3nc(C)no3)CC2)c1. The highest BCUT2D eigenvalue weighted by Crippen LogP contribution is 2.27. The zero-order valence-electron chi connectivity index (χ0n) is 15.4. The van der Waals surface area contributed by atoms with E-state index in [1.807, 2.05) is 18.7 Å². The Labute approximate surface area is 148 Å². The second kappa shape index (κ2) is 7.25. The average Bonchev–Trinajstić information content (AvgIpc) is 3.00. The Bertz CT molecular complexity index is 727. The fourth-order valence-corrected chi connectivity index (χ4v) is 3.43. The quantitative estimate of drug-likeness (QED) is 0.924. The summed E-state index contributed by atoms with van der Waals surface area (Å²) in [6, 6.07) is 6.38. The van der Waals surface area contributed by atoms with Crippen LogP contribution in [0.5, 0.6) is 0 Å². The Morgan fingerprint density at radius 2 is 1.84 bits per heavy atom. The van der Waals surface area contributed by atoms with Gasteiger partial charge in [-0.3, -0.25) is 0 Å². The number of benzene rings is 1. The minimum Gasteiger partial charge on any atom is -0.339 e. The van der Waals surface area contributed by atoms with E-state index in [2.05, 4.69) is 47.5 Å². The van der Waals surface area contributed by atoms with E-state index < -0.39 is 0 Å². The molecule has 1 N–H and O–H groups in total. The molecule has 0 bridgehead atoms. The van der Waals surface area contributed by atoms with Crippen molar-refractivity contribution in [2.75, 3.05) is 13.1 Å². The topological polar surface area (TPSA) is 71.3 Å². The summed E-state index contributed by atoms with van der Waals surface area (Å²) in [5, 5.41) is 6.97. The van der Waals surface area contributed by atoms with Gasteiger partial charge in [-0.1, -0.05) is 34.5 Å². The van der Waals surface area contributed by atoms with Gasteiger partial charge in [-0.25, -0.2) is 4.79 Å². The molecule has 1 unspecified atom stereocenters. The van der Waals surface area contributed by atoms with Crippen molar-refractivity contribution < 1.29 is 9.32 Å². The summed E-state index contributed by atoms with van der Waals surface area (Å²) >= 11 is 0. The van der Waals surface area contributed by atoms with E-state index in [4.69, 9.17) is 4.52 Å². The zero-order chi connectivity index (χ0) is 18.0. The number of carbonyl (C=O) groups excluding carboxylic acids is 1. The molecule has 1 aliphatic heterocycles. The lowest BCUT2D eigenvalue weighted by Gasteiger charge is -2.31. The first-order valence-corrected chi connectivity index (χ1v) is 8.86. The molecule has 0 radical (unpaired) electrons. The zero-order valence-corrected chi connectivity index (χ0v) is 15.4. The second-order valence-electron chi connectivity index (χ2n) is 7.03. The first kappa shape index (κ1) is 17.5. The van der Waals surface area contributed by atoms with Gasteiger partial charge in [0.25, 0.3) is 0 Å². The maximum atomic E-state index is 12.6. The number of hydrogen-bond acceptors (Lipinski definition) is 4. The first-order chi connectivity index (χ1) is 11.9. The number of urea groups is 1. The summed E-state index contributed by atoms with van der Waals surface area (Å²) in [6.07, 6.45) is 1.71. The monoisotopic (exact) mass is 342 g/mol. The fourth-order valence-electron chi connectivity index (χ4n) is 3.43. The van der Waals surface area contributed by atoms with Crippen LogP contribution in [0.2, 0.25) is 0 Å². The third-order valence-corrected chi connectivity index (χ3v) is 4.76. The van der Waals surface area contributed by atoms with Gasteiger partial charge in [-0.15, -0.1) is 0 Å². The molecule has 134 valence electrons. The molecule has 2 aromatic rings. The molecule has 6 heteroatoms. The van der Waals surface area contributed by atoms with Crippen LogP contribution in [0.15, 0.2) is 22.7 Å². The molecule has 0 spiro atoms. The van der Waals surface area contributed by atoms with Crippen molar-refractivity contribution in [3.8, 4) is 0 Å². The van der Waals surface area contributed by atoms with Crippen LogP contribution in [0.4, 0.5) is 4.79 Å². The van der Waals surface area contributed by atoms with Crippen molar-refractivity contribution in [2.45, 2.75) is 52.5 Å². The lowest BCUT2D eigenvalue weighted by molar-refractivity contribution is 0.172. The van der Waals surface area contributed by atoms with E-state index in [0.717, 1.165) is 18.4 Å². The third-order valence-electron chi connectivity index (χ3n) is 4.76. The predicted molar refractivity (Wildman–Crippen MR) is 95.4 cm³/mol. The van der Waals surface area contributed by atoms with Gasteiger partial charge in [-0.05, 0) is 46.1 Å². The van der Waals surface area contributed by atoms with Crippen LogP contribution < -0.4 is 5.32 Å². The van der Waals surface area contributed by atoms with Crippen molar-refractivity contribution >= 4 is 6.03 Å². The summed E-state index contributed by atoms with van der Waals surface area (Å²) in [7, 11) is 0. The van der Waals surface area contributed by atoms with E-state index in [1.165, 1.54) is 11.1 Å². The summed E-state index contributed by atoms with van der Waals surface area (Å²) in [6.45, 7) is 9.42. The molecular weight excluding hydrogens is 316 g/mol. The van der Waals surface area contributed by atoms with Gasteiger partial charge in [0, 0.05) is 19.0 Å². The minimum absolute atomic E-state index is 0.00758. The van der Waals surface area contributed by atoms with Crippen molar-refractivity contribution in [3.05, 3.63) is 46.6 Å². The third kappa shape index (κ3) is 4.18. The van der Waals surface area contributed by atoms with Crippen LogP contribution in [-0.2, 0) is 0 Å². The number of aryl methyl sites for hydroxylation is 3. The van der Waals surface area contributed by atoms with Crippen LogP contribution in [0, 0.1) is 20.8 Å². The highest BCUT2D eigenvalue weighted by molar-refractivity contribution is 5.74. The van der Waals surface area contributed by atoms with Gasteiger partial charge in [0.15, 0.2) is 5.82 Å². The van der Waals surface area contributed by atoms with Gasteiger partial charge in [0.05, 0.1) is 6.04 Å². The van der Waals surface area contributed by atoms with Crippen molar-refractivity contribution in [1.29, 1.82) is 0 Å². The molecule has 6 nitrogen and oxygen atoms in total. The molecule has 25 heavy (non-hydrogen) atoms. The molecule has 3 rings (SSSR count).